The van der Waals surface area contributed by atoms with Gasteiger partial charge in [-0.3, -0.25) is 14.2 Å². The fourth-order valence-corrected chi connectivity index (χ4v) is 4.84. The highest BCUT2D eigenvalue weighted by Gasteiger charge is 2.13. The number of aromatic amines is 1. The number of amides is 1. The number of hydrogen-bond donors (Lipinski definition) is 2. The van der Waals surface area contributed by atoms with Gasteiger partial charge in [0.2, 0.25) is 0 Å². The molecule has 178 valence electrons. The SMILES string of the molecule is Cc1ccc2[nH]cc(CCNC(=O)c3cccc(Cn4c(=O)c5cccn5c5cccnc54)c3)c2c1. The third-order valence-corrected chi connectivity index (χ3v) is 6.63. The lowest BCUT2D eigenvalue weighted by atomic mass is 10.1. The van der Waals surface area contributed by atoms with Crippen LogP contribution >= 0.6 is 0 Å². The van der Waals surface area contributed by atoms with Gasteiger partial charge >= 0.3 is 0 Å². The van der Waals surface area contributed by atoms with Gasteiger partial charge in [0.15, 0.2) is 5.65 Å². The molecule has 0 aliphatic heterocycles. The van der Waals surface area contributed by atoms with Gasteiger partial charge in [-0.1, -0.05) is 23.8 Å². The van der Waals surface area contributed by atoms with Crippen LogP contribution in [0.4, 0.5) is 0 Å². The van der Waals surface area contributed by atoms with E-state index in [0.717, 1.165) is 23.0 Å². The molecule has 4 aromatic heterocycles. The highest BCUT2D eigenvalue weighted by Crippen LogP contribution is 2.20. The number of nitrogens with zero attached hydrogens (tertiary/aromatic N) is 3. The molecule has 0 spiro atoms. The Morgan fingerprint density at radius 1 is 1.03 bits per heavy atom. The van der Waals surface area contributed by atoms with Gasteiger partial charge in [-0.15, -0.1) is 0 Å². The number of H-pyrrole nitrogens is 1. The molecule has 7 heteroatoms. The number of benzene rings is 2. The molecule has 0 atom stereocenters. The number of hydrogen-bond acceptors (Lipinski definition) is 3. The first-order valence-corrected chi connectivity index (χ1v) is 12.0. The van der Waals surface area contributed by atoms with Crippen molar-refractivity contribution in [2.45, 2.75) is 19.9 Å². The molecular formula is C29H25N5O2. The number of aromatic nitrogens is 4. The number of rotatable bonds is 6. The third kappa shape index (κ3) is 3.84. The third-order valence-electron chi connectivity index (χ3n) is 6.63. The Bertz CT molecular complexity index is 1810. The summed E-state index contributed by atoms with van der Waals surface area (Å²) in [5.74, 6) is -0.134. The predicted octanol–water partition coefficient (Wildman–Crippen LogP) is 4.46. The lowest BCUT2D eigenvalue weighted by molar-refractivity contribution is 0.0954. The summed E-state index contributed by atoms with van der Waals surface area (Å²) in [6, 6.07) is 21.2. The van der Waals surface area contributed by atoms with E-state index >= 15 is 0 Å². The van der Waals surface area contributed by atoms with Gasteiger partial charge in [0.05, 0.1) is 12.1 Å². The van der Waals surface area contributed by atoms with Gasteiger partial charge in [0.1, 0.15) is 5.52 Å². The Labute approximate surface area is 207 Å². The molecule has 36 heavy (non-hydrogen) atoms. The van der Waals surface area contributed by atoms with E-state index in [1.165, 1.54) is 16.5 Å². The maximum atomic E-state index is 13.2. The van der Waals surface area contributed by atoms with Gasteiger partial charge < -0.3 is 14.7 Å². The van der Waals surface area contributed by atoms with Crippen molar-refractivity contribution in [2.24, 2.45) is 0 Å². The Balaban J connectivity index is 1.21. The predicted molar refractivity (Wildman–Crippen MR) is 142 cm³/mol. The topological polar surface area (TPSA) is 84.2 Å². The van der Waals surface area contributed by atoms with Gasteiger partial charge in [0.25, 0.3) is 11.5 Å². The van der Waals surface area contributed by atoms with E-state index < -0.39 is 0 Å². The zero-order chi connectivity index (χ0) is 24.6. The van der Waals surface area contributed by atoms with Crippen molar-refractivity contribution in [1.82, 2.24) is 24.3 Å². The molecule has 7 nitrogen and oxygen atoms in total. The molecule has 2 N–H and O–H groups in total. The smallest absolute Gasteiger partial charge is 0.276 e. The number of pyridine rings is 1. The summed E-state index contributed by atoms with van der Waals surface area (Å²) in [7, 11) is 0. The summed E-state index contributed by atoms with van der Waals surface area (Å²) in [6.45, 7) is 2.93. The van der Waals surface area contributed by atoms with Crippen molar-refractivity contribution >= 4 is 33.5 Å². The van der Waals surface area contributed by atoms with Crippen LogP contribution in [0, 0.1) is 6.92 Å². The molecular weight excluding hydrogens is 450 g/mol. The molecule has 0 unspecified atom stereocenters. The van der Waals surface area contributed by atoms with Crippen molar-refractivity contribution < 1.29 is 4.79 Å². The monoisotopic (exact) mass is 475 g/mol. The quantitative estimate of drug-likeness (QED) is 0.373. The summed E-state index contributed by atoms with van der Waals surface area (Å²) in [6.07, 6.45) is 6.30. The molecule has 0 fully saturated rings. The first-order valence-electron chi connectivity index (χ1n) is 12.0. The van der Waals surface area contributed by atoms with Crippen LogP contribution in [0.25, 0.3) is 27.6 Å². The molecule has 0 bridgehead atoms. The Hall–Kier alpha value is -4.65. The standard InChI is InChI=1S/C29H25N5O2/c1-19-9-10-24-23(15-19)22(17-32-24)11-13-31-28(35)21-6-2-5-20(16-21)18-34-27-25(7-3-12-30-27)33-14-4-8-26(33)29(34)36/h2-10,12,14-17,32H,11,13,18H2,1H3,(H,31,35). The zero-order valence-corrected chi connectivity index (χ0v) is 19.9. The van der Waals surface area contributed by atoms with Crippen LogP contribution in [0.5, 0.6) is 0 Å². The molecule has 6 aromatic rings. The summed E-state index contributed by atoms with van der Waals surface area (Å²) >= 11 is 0. The van der Waals surface area contributed by atoms with Gasteiger partial charge in [-0.2, -0.15) is 0 Å². The molecule has 0 saturated carbocycles. The molecule has 0 aliphatic rings. The van der Waals surface area contributed by atoms with Crippen molar-refractivity contribution in [2.75, 3.05) is 6.54 Å². The van der Waals surface area contributed by atoms with E-state index in [2.05, 4.69) is 40.4 Å². The number of aryl methyl sites for hydroxylation is 1. The molecule has 0 saturated heterocycles. The average Bonchev–Trinajstić information content (AvgIpc) is 3.54. The minimum atomic E-state index is -0.134. The summed E-state index contributed by atoms with van der Waals surface area (Å²) in [5.41, 5.74) is 6.87. The Morgan fingerprint density at radius 3 is 2.83 bits per heavy atom. The second-order valence-corrected chi connectivity index (χ2v) is 9.07. The fourth-order valence-electron chi connectivity index (χ4n) is 4.84. The van der Waals surface area contributed by atoms with Crippen LogP contribution in [-0.2, 0) is 13.0 Å². The van der Waals surface area contributed by atoms with Crippen LogP contribution in [0.3, 0.4) is 0 Å². The highest BCUT2D eigenvalue weighted by atomic mass is 16.1. The molecule has 4 heterocycles. The Morgan fingerprint density at radius 2 is 1.92 bits per heavy atom. The van der Waals surface area contributed by atoms with Gasteiger partial charge in [0, 0.05) is 41.6 Å². The van der Waals surface area contributed by atoms with Crippen molar-refractivity contribution in [3.8, 4) is 0 Å². The van der Waals surface area contributed by atoms with Crippen molar-refractivity contribution in [3.63, 3.8) is 0 Å². The number of carbonyl (C=O) groups is 1. The minimum Gasteiger partial charge on any atom is -0.361 e. The van der Waals surface area contributed by atoms with Gasteiger partial charge in [-0.05, 0) is 73.0 Å². The van der Waals surface area contributed by atoms with Crippen LogP contribution in [0.2, 0.25) is 0 Å². The lowest BCUT2D eigenvalue weighted by Crippen LogP contribution is -2.26. The molecule has 1 amide bonds. The number of fused-ring (bicyclic) bond motifs is 4. The Kier molecular flexibility index (Phi) is 5.37. The number of carbonyl (C=O) groups excluding carboxylic acids is 1. The van der Waals surface area contributed by atoms with E-state index in [-0.39, 0.29) is 11.5 Å². The van der Waals surface area contributed by atoms with Crippen molar-refractivity contribution in [3.05, 3.63) is 118 Å². The molecule has 0 radical (unpaired) electrons. The zero-order valence-electron chi connectivity index (χ0n) is 19.9. The molecule has 2 aromatic carbocycles. The minimum absolute atomic E-state index is 0.116. The second kappa shape index (κ2) is 8.85. The van der Waals surface area contributed by atoms with Crippen molar-refractivity contribution in [1.29, 1.82) is 0 Å². The van der Waals surface area contributed by atoms with E-state index in [9.17, 15) is 9.59 Å². The maximum Gasteiger partial charge on any atom is 0.276 e. The summed E-state index contributed by atoms with van der Waals surface area (Å²) in [5, 5.41) is 4.22. The summed E-state index contributed by atoms with van der Waals surface area (Å²) < 4.78 is 3.53. The van der Waals surface area contributed by atoms with Crippen LogP contribution in [0.15, 0.2) is 90.1 Å². The lowest BCUT2D eigenvalue weighted by Gasteiger charge is -2.12. The number of nitrogens with one attached hydrogen (secondary N) is 2. The largest absolute Gasteiger partial charge is 0.361 e. The first kappa shape index (κ1) is 21.9. The maximum absolute atomic E-state index is 13.2. The van der Waals surface area contributed by atoms with Crippen LogP contribution in [0.1, 0.15) is 27.0 Å². The average molecular weight is 476 g/mol. The fraction of sp³-hybridized carbons (Fsp3) is 0.138. The molecule has 6 rings (SSSR count). The van der Waals surface area contributed by atoms with E-state index in [1.807, 2.05) is 59.3 Å². The molecule has 0 aliphatic carbocycles. The normalized spacial score (nSPS) is 11.5. The first-order chi connectivity index (χ1) is 17.6. The highest BCUT2D eigenvalue weighted by molar-refractivity contribution is 5.94. The van der Waals surface area contributed by atoms with Crippen LogP contribution in [-0.4, -0.2) is 31.4 Å². The van der Waals surface area contributed by atoms with E-state index in [4.69, 9.17) is 0 Å². The van der Waals surface area contributed by atoms with E-state index in [1.54, 1.807) is 16.8 Å². The van der Waals surface area contributed by atoms with E-state index in [0.29, 0.717) is 29.8 Å². The summed E-state index contributed by atoms with van der Waals surface area (Å²) in [4.78, 5) is 33.9. The second-order valence-electron chi connectivity index (χ2n) is 9.07. The van der Waals surface area contributed by atoms with Crippen LogP contribution < -0.4 is 10.9 Å². The van der Waals surface area contributed by atoms with Gasteiger partial charge in [-0.25, -0.2) is 4.98 Å².